The van der Waals surface area contributed by atoms with Crippen molar-refractivity contribution < 1.29 is 4.79 Å². The fourth-order valence-corrected chi connectivity index (χ4v) is 2.86. The number of benzene rings is 1. The average molecular weight is 310 g/mol. The molecule has 1 saturated heterocycles. The van der Waals surface area contributed by atoms with E-state index in [-0.39, 0.29) is 5.91 Å². The Bertz CT molecular complexity index is 661. The monoisotopic (exact) mass is 310 g/mol. The highest BCUT2D eigenvalue weighted by atomic mass is 16.1. The fourth-order valence-electron chi connectivity index (χ4n) is 2.86. The highest BCUT2D eigenvalue weighted by Crippen LogP contribution is 2.28. The zero-order valence-corrected chi connectivity index (χ0v) is 13.5. The van der Waals surface area contributed by atoms with Gasteiger partial charge >= 0.3 is 0 Å². The summed E-state index contributed by atoms with van der Waals surface area (Å²) in [5, 5.41) is 2.98. The summed E-state index contributed by atoms with van der Waals surface area (Å²) in [6.45, 7) is 3.93. The van der Waals surface area contributed by atoms with Crippen molar-refractivity contribution in [2.75, 3.05) is 23.3 Å². The summed E-state index contributed by atoms with van der Waals surface area (Å²) in [6.07, 6.45) is 8.08. The molecular formula is C18H22N4O. The van der Waals surface area contributed by atoms with Crippen molar-refractivity contribution in [2.24, 2.45) is 0 Å². The highest BCUT2D eigenvalue weighted by molar-refractivity contribution is 6.04. The van der Waals surface area contributed by atoms with Gasteiger partial charge in [0.1, 0.15) is 5.69 Å². The molecule has 1 fully saturated rings. The number of nitrogens with one attached hydrogen (secondary N) is 1. The summed E-state index contributed by atoms with van der Waals surface area (Å²) in [6, 6.07) is 7.97. The summed E-state index contributed by atoms with van der Waals surface area (Å²) in [5.74, 6) is -0.222. The fraction of sp³-hybridized carbons (Fsp3) is 0.389. The van der Waals surface area contributed by atoms with Crippen LogP contribution in [0, 0.1) is 6.92 Å². The number of aromatic nitrogens is 2. The van der Waals surface area contributed by atoms with E-state index in [9.17, 15) is 4.79 Å². The summed E-state index contributed by atoms with van der Waals surface area (Å²) < 4.78 is 0. The van der Waals surface area contributed by atoms with Crippen molar-refractivity contribution in [1.82, 2.24) is 9.97 Å². The topological polar surface area (TPSA) is 58.1 Å². The van der Waals surface area contributed by atoms with E-state index in [4.69, 9.17) is 0 Å². The van der Waals surface area contributed by atoms with Gasteiger partial charge in [-0.3, -0.25) is 9.78 Å². The van der Waals surface area contributed by atoms with E-state index in [1.807, 2.05) is 25.1 Å². The number of carbonyl (C=O) groups excluding carboxylic acids is 1. The quantitative estimate of drug-likeness (QED) is 0.943. The van der Waals surface area contributed by atoms with Crippen LogP contribution in [0.2, 0.25) is 0 Å². The summed E-state index contributed by atoms with van der Waals surface area (Å²) in [7, 11) is 0. The summed E-state index contributed by atoms with van der Waals surface area (Å²) in [5.41, 5.74) is 3.05. The van der Waals surface area contributed by atoms with Gasteiger partial charge in [-0.15, -0.1) is 0 Å². The Morgan fingerprint density at radius 2 is 1.78 bits per heavy atom. The molecule has 0 unspecified atom stereocenters. The summed E-state index contributed by atoms with van der Waals surface area (Å²) >= 11 is 0. The number of carbonyl (C=O) groups is 1. The third-order valence-electron chi connectivity index (χ3n) is 4.11. The van der Waals surface area contributed by atoms with Gasteiger partial charge in [0, 0.05) is 19.3 Å². The minimum Gasteiger partial charge on any atom is -0.370 e. The smallest absolute Gasteiger partial charge is 0.275 e. The Morgan fingerprint density at radius 1 is 1.04 bits per heavy atom. The van der Waals surface area contributed by atoms with Crippen molar-refractivity contribution in [3.8, 4) is 0 Å². The van der Waals surface area contributed by atoms with Crippen molar-refractivity contribution in [3.05, 3.63) is 48.0 Å². The molecule has 1 aliphatic heterocycles. The predicted octanol–water partition coefficient (Wildman–Crippen LogP) is 3.42. The minimum atomic E-state index is -0.222. The number of anilines is 2. The van der Waals surface area contributed by atoms with Crippen LogP contribution < -0.4 is 10.2 Å². The van der Waals surface area contributed by atoms with Crippen LogP contribution in [0.15, 0.2) is 36.7 Å². The Kier molecular flexibility index (Phi) is 4.86. The van der Waals surface area contributed by atoms with E-state index >= 15 is 0 Å². The number of hydrogen-bond donors (Lipinski definition) is 1. The van der Waals surface area contributed by atoms with Gasteiger partial charge in [0.15, 0.2) is 0 Å². The molecule has 2 heterocycles. The number of hydrogen-bond acceptors (Lipinski definition) is 4. The van der Waals surface area contributed by atoms with Crippen molar-refractivity contribution in [3.63, 3.8) is 0 Å². The molecule has 0 spiro atoms. The van der Waals surface area contributed by atoms with E-state index in [2.05, 4.69) is 26.3 Å². The first kappa shape index (κ1) is 15.5. The van der Waals surface area contributed by atoms with Gasteiger partial charge in [-0.2, -0.15) is 0 Å². The Balaban J connectivity index is 1.79. The van der Waals surface area contributed by atoms with Gasteiger partial charge in [0.05, 0.1) is 23.3 Å². The normalized spacial score (nSPS) is 15.1. The second kappa shape index (κ2) is 7.22. The zero-order valence-electron chi connectivity index (χ0n) is 13.5. The zero-order chi connectivity index (χ0) is 16.1. The van der Waals surface area contributed by atoms with Gasteiger partial charge < -0.3 is 10.2 Å². The molecule has 1 aliphatic rings. The number of amides is 1. The molecule has 5 heteroatoms. The standard InChI is InChI=1S/C18H22N4O/c1-14-12-20-16(13-19-14)18(23)21-15-8-4-5-9-17(15)22-10-6-2-3-7-11-22/h4-5,8-9,12-13H,2-3,6-7,10-11H2,1H3,(H,21,23). The Labute approximate surface area is 136 Å². The van der Waals surface area contributed by atoms with Crippen LogP contribution in [-0.4, -0.2) is 29.0 Å². The molecule has 1 amide bonds. The molecule has 0 saturated carbocycles. The maximum absolute atomic E-state index is 12.4. The van der Waals surface area contributed by atoms with E-state index in [1.54, 1.807) is 6.20 Å². The van der Waals surface area contributed by atoms with Crippen LogP contribution in [-0.2, 0) is 0 Å². The van der Waals surface area contributed by atoms with Gasteiger partial charge in [0.25, 0.3) is 5.91 Å². The van der Waals surface area contributed by atoms with Gasteiger partial charge in [-0.25, -0.2) is 4.98 Å². The third kappa shape index (κ3) is 3.86. The molecule has 0 aliphatic carbocycles. The maximum Gasteiger partial charge on any atom is 0.275 e. The van der Waals surface area contributed by atoms with E-state index in [0.717, 1.165) is 30.2 Å². The van der Waals surface area contributed by atoms with Crippen LogP contribution in [0.3, 0.4) is 0 Å². The Hall–Kier alpha value is -2.43. The van der Waals surface area contributed by atoms with E-state index < -0.39 is 0 Å². The van der Waals surface area contributed by atoms with Crippen LogP contribution in [0.1, 0.15) is 41.9 Å². The van der Waals surface area contributed by atoms with Crippen molar-refractivity contribution in [2.45, 2.75) is 32.6 Å². The predicted molar refractivity (Wildman–Crippen MR) is 91.8 cm³/mol. The van der Waals surface area contributed by atoms with E-state index in [1.165, 1.54) is 31.9 Å². The molecule has 2 aromatic rings. The SMILES string of the molecule is Cc1cnc(C(=O)Nc2ccccc2N2CCCCCC2)cn1. The van der Waals surface area contributed by atoms with Crippen LogP contribution in [0.5, 0.6) is 0 Å². The van der Waals surface area contributed by atoms with Gasteiger partial charge in [-0.05, 0) is 31.9 Å². The lowest BCUT2D eigenvalue weighted by Gasteiger charge is -2.25. The average Bonchev–Trinajstić information content (AvgIpc) is 2.85. The highest BCUT2D eigenvalue weighted by Gasteiger charge is 2.16. The minimum absolute atomic E-state index is 0.222. The summed E-state index contributed by atoms with van der Waals surface area (Å²) in [4.78, 5) is 23.0. The Morgan fingerprint density at radius 3 is 2.48 bits per heavy atom. The maximum atomic E-state index is 12.4. The van der Waals surface area contributed by atoms with Crippen LogP contribution in [0.4, 0.5) is 11.4 Å². The van der Waals surface area contributed by atoms with Crippen LogP contribution in [0.25, 0.3) is 0 Å². The molecule has 1 N–H and O–H groups in total. The third-order valence-corrected chi connectivity index (χ3v) is 4.11. The lowest BCUT2D eigenvalue weighted by atomic mass is 10.2. The molecule has 0 radical (unpaired) electrons. The molecule has 1 aromatic carbocycles. The largest absolute Gasteiger partial charge is 0.370 e. The first-order chi connectivity index (χ1) is 11.2. The molecule has 3 rings (SSSR count). The molecule has 5 nitrogen and oxygen atoms in total. The van der Waals surface area contributed by atoms with Crippen molar-refractivity contribution in [1.29, 1.82) is 0 Å². The van der Waals surface area contributed by atoms with Gasteiger partial charge in [-0.1, -0.05) is 25.0 Å². The number of rotatable bonds is 3. The van der Waals surface area contributed by atoms with Crippen LogP contribution >= 0.6 is 0 Å². The molecule has 120 valence electrons. The second-order valence-electron chi connectivity index (χ2n) is 5.92. The lowest BCUT2D eigenvalue weighted by molar-refractivity contribution is 0.102. The number of aryl methyl sites for hydroxylation is 1. The molecule has 0 bridgehead atoms. The first-order valence-electron chi connectivity index (χ1n) is 8.18. The number of nitrogens with zero attached hydrogens (tertiary/aromatic N) is 3. The van der Waals surface area contributed by atoms with Crippen molar-refractivity contribution >= 4 is 17.3 Å². The number of para-hydroxylation sites is 2. The molecule has 0 atom stereocenters. The molecule has 23 heavy (non-hydrogen) atoms. The molecular weight excluding hydrogens is 288 g/mol. The first-order valence-corrected chi connectivity index (χ1v) is 8.18. The van der Waals surface area contributed by atoms with Gasteiger partial charge in [0.2, 0.25) is 0 Å². The lowest BCUT2D eigenvalue weighted by Crippen LogP contribution is -2.25. The molecule has 1 aromatic heterocycles. The second-order valence-corrected chi connectivity index (χ2v) is 5.92. The van der Waals surface area contributed by atoms with E-state index in [0.29, 0.717) is 5.69 Å².